The molecule has 0 amide bonds. The fourth-order valence-electron chi connectivity index (χ4n) is 1.77. The van der Waals surface area contributed by atoms with Gasteiger partial charge >= 0.3 is 0 Å². The zero-order chi connectivity index (χ0) is 14.8. The summed E-state index contributed by atoms with van der Waals surface area (Å²) in [6.45, 7) is 5.44. The molecule has 9 heteroatoms. The Morgan fingerprint density at radius 2 is 2.19 bits per heavy atom. The van der Waals surface area contributed by atoms with E-state index in [1.54, 1.807) is 6.07 Å². The largest absolute Gasteiger partial charge is 0.357 e. The molecule has 0 aliphatic heterocycles. The second-order valence-electron chi connectivity index (χ2n) is 4.92. The number of primary sulfonamides is 1. The molecule has 2 rings (SSSR count). The third kappa shape index (κ3) is 5.72. The molecule has 1 aromatic rings. The van der Waals surface area contributed by atoms with E-state index in [0.717, 1.165) is 28.7 Å². The summed E-state index contributed by atoms with van der Waals surface area (Å²) in [7, 11) is -3.61. The quantitative estimate of drug-likeness (QED) is 0.364. The first kappa shape index (κ1) is 18.7. The first-order chi connectivity index (χ1) is 9.40. The molecule has 1 aromatic heterocycles. The van der Waals surface area contributed by atoms with Crippen molar-refractivity contribution in [3.05, 3.63) is 17.0 Å². The van der Waals surface area contributed by atoms with Gasteiger partial charge in [0.15, 0.2) is 5.96 Å². The fourth-order valence-corrected chi connectivity index (χ4v) is 3.48. The van der Waals surface area contributed by atoms with Crippen molar-refractivity contribution in [2.75, 3.05) is 6.54 Å². The number of sulfonamides is 1. The zero-order valence-electron chi connectivity index (χ0n) is 12.0. The van der Waals surface area contributed by atoms with Crippen LogP contribution in [0, 0.1) is 5.92 Å². The van der Waals surface area contributed by atoms with Crippen molar-refractivity contribution in [2.24, 2.45) is 16.0 Å². The van der Waals surface area contributed by atoms with Crippen LogP contribution in [0.5, 0.6) is 0 Å². The van der Waals surface area contributed by atoms with Gasteiger partial charge < -0.3 is 10.6 Å². The zero-order valence-corrected chi connectivity index (χ0v) is 16.0. The Bertz CT molecular complexity index is 600. The van der Waals surface area contributed by atoms with E-state index in [-0.39, 0.29) is 28.2 Å². The Morgan fingerprint density at radius 1 is 1.52 bits per heavy atom. The minimum absolute atomic E-state index is 0. The maximum absolute atomic E-state index is 11.2. The molecule has 4 N–H and O–H groups in total. The molecular formula is C12H21IN4O2S2. The van der Waals surface area contributed by atoms with Crippen LogP contribution in [0.1, 0.15) is 25.1 Å². The lowest BCUT2D eigenvalue weighted by Gasteiger charge is -2.10. The third-order valence-corrected chi connectivity index (χ3v) is 5.59. The number of hydrogen-bond donors (Lipinski definition) is 3. The highest BCUT2D eigenvalue weighted by atomic mass is 127. The van der Waals surface area contributed by atoms with Crippen LogP contribution in [0.15, 0.2) is 21.3 Å². The predicted molar refractivity (Wildman–Crippen MR) is 96.6 cm³/mol. The maximum atomic E-state index is 11.2. The summed E-state index contributed by atoms with van der Waals surface area (Å²) in [5, 5.41) is 11.6. The summed E-state index contributed by atoms with van der Waals surface area (Å²) in [5.41, 5.74) is 0. The topological polar surface area (TPSA) is 96.6 Å². The number of thiophene rings is 1. The van der Waals surface area contributed by atoms with E-state index < -0.39 is 10.0 Å². The normalized spacial score (nSPS) is 21.6. The van der Waals surface area contributed by atoms with Gasteiger partial charge in [-0.15, -0.1) is 35.3 Å². The van der Waals surface area contributed by atoms with Gasteiger partial charge in [0.1, 0.15) is 4.21 Å². The average molecular weight is 444 g/mol. The van der Waals surface area contributed by atoms with Gasteiger partial charge in [0.2, 0.25) is 10.0 Å². The van der Waals surface area contributed by atoms with Gasteiger partial charge in [0.25, 0.3) is 0 Å². The molecule has 1 aliphatic carbocycles. The summed E-state index contributed by atoms with van der Waals surface area (Å²) >= 11 is 1.16. The van der Waals surface area contributed by atoms with Crippen molar-refractivity contribution in [2.45, 2.75) is 37.1 Å². The predicted octanol–water partition coefficient (Wildman–Crippen LogP) is 1.48. The molecule has 120 valence electrons. The summed E-state index contributed by atoms with van der Waals surface area (Å²) in [6, 6.07) is 3.77. The van der Waals surface area contributed by atoms with E-state index >= 15 is 0 Å². The Morgan fingerprint density at radius 3 is 2.67 bits per heavy atom. The molecule has 0 saturated heterocycles. The monoisotopic (exact) mass is 444 g/mol. The van der Waals surface area contributed by atoms with Gasteiger partial charge in [0.05, 0.1) is 6.54 Å². The van der Waals surface area contributed by atoms with Crippen LogP contribution < -0.4 is 15.8 Å². The minimum Gasteiger partial charge on any atom is -0.357 e. The molecule has 1 saturated carbocycles. The molecule has 0 bridgehead atoms. The smallest absolute Gasteiger partial charge is 0.247 e. The SMILES string of the molecule is CCNC(=NCc1ccc(S(N)(=O)=O)s1)NC1CC1C.I. The highest BCUT2D eigenvalue weighted by molar-refractivity contribution is 14.0. The lowest BCUT2D eigenvalue weighted by molar-refractivity contribution is 0.600. The molecule has 2 atom stereocenters. The van der Waals surface area contributed by atoms with E-state index in [9.17, 15) is 8.42 Å². The lowest BCUT2D eigenvalue weighted by Crippen LogP contribution is -2.39. The van der Waals surface area contributed by atoms with Crippen LogP contribution >= 0.6 is 35.3 Å². The van der Waals surface area contributed by atoms with Gasteiger partial charge in [-0.05, 0) is 31.4 Å². The summed E-state index contributed by atoms with van der Waals surface area (Å²) < 4.78 is 22.6. The average Bonchev–Trinajstić information content (AvgIpc) is 2.88. The van der Waals surface area contributed by atoms with Crippen molar-refractivity contribution in [3.63, 3.8) is 0 Å². The second-order valence-corrected chi connectivity index (χ2v) is 7.88. The first-order valence-corrected chi connectivity index (χ1v) is 8.92. The number of nitrogens with two attached hydrogens (primary N) is 1. The lowest BCUT2D eigenvalue weighted by atomic mass is 10.4. The summed E-state index contributed by atoms with van der Waals surface area (Å²) in [6.07, 6.45) is 1.17. The van der Waals surface area contributed by atoms with Gasteiger partial charge in [-0.25, -0.2) is 18.5 Å². The molecule has 21 heavy (non-hydrogen) atoms. The van der Waals surface area contributed by atoms with Crippen LogP contribution in [0.4, 0.5) is 0 Å². The summed E-state index contributed by atoms with van der Waals surface area (Å²) in [5.74, 6) is 1.46. The van der Waals surface area contributed by atoms with Gasteiger partial charge in [0, 0.05) is 17.5 Å². The first-order valence-electron chi connectivity index (χ1n) is 6.56. The van der Waals surface area contributed by atoms with Gasteiger partial charge in [-0.2, -0.15) is 0 Å². The molecule has 6 nitrogen and oxygen atoms in total. The molecular weight excluding hydrogens is 423 g/mol. The molecule has 0 aromatic carbocycles. The van der Waals surface area contributed by atoms with Crippen molar-refractivity contribution >= 4 is 51.3 Å². The molecule has 0 radical (unpaired) electrons. The molecule has 1 aliphatic rings. The fraction of sp³-hybridized carbons (Fsp3) is 0.583. The van der Waals surface area contributed by atoms with Crippen molar-refractivity contribution in [1.82, 2.24) is 10.6 Å². The number of halogens is 1. The minimum atomic E-state index is -3.61. The maximum Gasteiger partial charge on any atom is 0.247 e. The number of rotatable bonds is 5. The van der Waals surface area contributed by atoms with E-state index in [0.29, 0.717) is 18.5 Å². The summed E-state index contributed by atoms with van der Waals surface area (Å²) in [4.78, 5) is 5.33. The standard InChI is InChI=1S/C12H20N4O2S2.HI/c1-3-14-12(16-10-6-8(10)2)15-7-9-4-5-11(19-9)20(13,17)18;/h4-5,8,10H,3,6-7H2,1-2H3,(H2,13,17,18)(H2,14,15,16);1H. The Hall–Kier alpha value is -0.390. The van der Waals surface area contributed by atoms with E-state index in [4.69, 9.17) is 5.14 Å². The number of guanidine groups is 1. The number of nitrogens with one attached hydrogen (secondary N) is 2. The van der Waals surface area contributed by atoms with E-state index in [2.05, 4.69) is 22.5 Å². The van der Waals surface area contributed by atoms with Crippen LogP contribution in [0.2, 0.25) is 0 Å². The Balaban J connectivity index is 0.00000220. The molecule has 2 unspecified atom stereocenters. The van der Waals surface area contributed by atoms with E-state index in [1.165, 1.54) is 12.5 Å². The van der Waals surface area contributed by atoms with E-state index in [1.807, 2.05) is 6.92 Å². The van der Waals surface area contributed by atoms with Crippen molar-refractivity contribution in [1.29, 1.82) is 0 Å². The van der Waals surface area contributed by atoms with Gasteiger partial charge in [-0.3, -0.25) is 0 Å². The number of hydrogen-bond acceptors (Lipinski definition) is 4. The highest BCUT2D eigenvalue weighted by Gasteiger charge is 2.33. The highest BCUT2D eigenvalue weighted by Crippen LogP contribution is 2.28. The number of nitrogens with zero attached hydrogens (tertiary/aromatic N) is 1. The Labute approximate surface area is 146 Å². The second kappa shape index (κ2) is 7.75. The number of aliphatic imine (C=N–C) groups is 1. The van der Waals surface area contributed by atoms with Crippen LogP contribution in [0.3, 0.4) is 0 Å². The molecule has 0 spiro atoms. The van der Waals surface area contributed by atoms with Crippen LogP contribution in [0.25, 0.3) is 0 Å². The van der Waals surface area contributed by atoms with Gasteiger partial charge in [-0.1, -0.05) is 6.92 Å². The molecule has 1 heterocycles. The molecule has 1 fully saturated rings. The van der Waals surface area contributed by atoms with Crippen molar-refractivity contribution < 1.29 is 8.42 Å². The van der Waals surface area contributed by atoms with Crippen LogP contribution in [-0.4, -0.2) is 27.0 Å². The third-order valence-electron chi connectivity index (χ3n) is 3.09. The van der Waals surface area contributed by atoms with Crippen molar-refractivity contribution in [3.8, 4) is 0 Å². The Kier molecular flexibility index (Phi) is 6.88. The van der Waals surface area contributed by atoms with Crippen LogP contribution in [-0.2, 0) is 16.6 Å².